The van der Waals surface area contributed by atoms with Crippen molar-refractivity contribution in [3.8, 4) is 0 Å². The van der Waals surface area contributed by atoms with Crippen molar-refractivity contribution in [1.82, 2.24) is 4.90 Å². The predicted octanol–water partition coefficient (Wildman–Crippen LogP) is 3.32. The maximum atomic E-state index is 13.0. The zero-order valence-electron chi connectivity index (χ0n) is 14.2. The average molecular weight is 356 g/mol. The van der Waals surface area contributed by atoms with E-state index in [0.717, 1.165) is 0 Å². The molecule has 1 aromatic carbocycles. The van der Waals surface area contributed by atoms with Crippen molar-refractivity contribution in [3.63, 3.8) is 0 Å². The van der Waals surface area contributed by atoms with Gasteiger partial charge in [-0.05, 0) is 36.9 Å². The van der Waals surface area contributed by atoms with Gasteiger partial charge in [0.2, 0.25) is 5.91 Å². The van der Waals surface area contributed by atoms with Gasteiger partial charge in [0.25, 0.3) is 11.8 Å². The number of para-hydroxylation sites is 1. The third kappa shape index (κ3) is 3.22. The van der Waals surface area contributed by atoms with E-state index in [9.17, 15) is 14.4 Å². The molecule has 2 unspecified atom stereocenters. The molecule has 1 aliphatic rings. The van der Waals surface area contributed by atoms with Gasteiger partial charge in [0.15, 0.2) is 0 Å². The molecule has 25 heavy (non-hydrogen) atoms. The Morgan fingerprint density at radius 3 is 2.56 bits per heavy atom. The molecule has 0 spiro atoms. The largest absolute Gasteiger partial charge is 0.323 e. The van der Waals surface area contributed by atoms with Crippen LogP contribution in [-0.4, -0.2) is 34.7 Å². The first-order valence-corrected chi connectivity index (χ1v) is 9.20. The Labute approximate surface area is 150 Å². The zero-order valence-corrected chi connectivity index (χ0v) is 15.0. The van der Waals surface area contributed by atoms with Crippen LogP contribution in [0.3, 0.4) is 0 Å². The van der Waals surface area contributed by atoms with Gasteiger partial charge in [0.1, 0.15) is 6.04 Å². The molecule has 0 aliphatic carbocycles. The van der Waals surface area contributed by atoms with Gasteiger partial charge >= 0.3 is 0 Å². The lowest BCUT2D eigenvalue weighted by atomic mass is 10.1. The van der Waals surface area contributed by atoms with E-state index in [0.29, 0.717) is 17.0 Å². The highest BCUT2D eigenvalue weighted by Gasteiger charge is 2.45. The van der Waals surface area contributed by atoms with Crippen LogP contribution in [0.4, 0.5) is 5.69 Å². The van der Waals surface area contributed by atoms with Crippen LogP contribution in [0.25, 0.3) is 0 Å². The van der Waals surface area contributed by atoms with Gasteiger partial charge in [-0.3, -0.25) is 14.4 Å². The molecule has 2 aromatic rings. The van der Waals surface area contributed by atoms with Crippen molar-refractivity contribution in [3.05, 3.63) is 52.7 Å². The Morgan fingerprint density at radius 1 is 1.24 bits per heavy atom. The van der Waals surface area contributed by atoms with Crippen LogP contribution >= 0.6 is 11.3 Å². The molecule has 0 N–H and O–H groups in total. The number of thiophene rings is 1. The van der Waals surface area contributed by atoms with E-state index in [-0.39, 0.29) is 30.2 Å². The Balaban J connectivity index is 1.93. The summed E-state index contributed by atoms with van der Waals surface area (Å²) in [7, 11) is 0. The van der Waals surface area contributed by atoms with E-state index in [1.807, 2.05) is 31.4 Å². The minimum absolute atomic E-state index is 0.0230. The minimum atomic E-state index is -0.753. The number of benzene rings is 1. The lowest BCUT2D eigenvalue weighted by Gasteiger charge is -2.32. The Bertz CT molecular complexity index is 773. The third-order valence-corrected chi connectivity index (χ3v) is 5.36. The fraction of sp³-hybridized carbons (Fsp3) is 0.316. The van der Waals surface area contributed by atoms with Gasteiger partial charge in [-0.2, -0.15) is 0 Å². The fourth-order valence-corrected chi connectivity index (χ4v) is 3.72. The van der Waals surface area contributed by atoms with Gasteiger partial charge in [-0.15, -0.1) is 11.3 Å². The average Bonchev–Trinajstić information content (AvgIpc) is 3.25. The summed E-state index contributed by atoms with van der Waals surface area (Å²) in [5.41, 5.74) is 0.549. The van der Waals surface area contributed by atoms with E-state index in [1.54, 1.807) is 35.2 Å². The number of rotatable bonds is 5. The molecule has 1 fully saturated rings. The normalized spacial score (nSPS) is 18.5. The zero-order chi connectivity index (χ0) is 18.0. The summed E-state index contributed by atoms with van der Waals surface area (Å²) in [6.07, 6.45) is 0.732. The van der Waals surface area contributed by atoms with E-state index >= 15 is 0 Å². The molecule has 1 aromatic heterocycles. The predicted molar refractivity (Wildman–Crippen MR) is 97.6 cm³/mol. The maximum absolute atomic E-state index is 13.0. The number of carbonyl (C=O) groups is 3. The number of imide groups is 1. The Morgan fingerprint density at radius 2 is 1.96 bits per heavy atom. The number of nitrogens with zero attached hydrogens (tertiary/aromatic N) is 2. The van der Waals surface area contributed by atoms with Crippen LogP contribution < -0.4 is 4.90 Å². The van der Waals surface area contributed by atoms with E-state index in [4.69, 9.17) is 0 Å². The van der Waals surface area contributed by atoms with Gasteiger partial charge < -0.3 is 4.90 Å². The van der Waals surface area contributed by atoms with Crippen molar-refractivity contribution in [2.75, 3.05) is 4.90 Å². The second-order valence-corrected chi connectivity index (χ2v) is 7.02. The number of carbonyl (C=O) groups excluding carboxylic acids is 3. The molecular formula is C19H20N2O3S. The number of hydrogen-bond acceptors (Lipinski definition) is 4. The van der Waals surface area contributed by atoms with E-state index < -0.39 is 6.04 Å². The molecule has 0 saturated carbocycles. The number of anilines is 1. The third-order valence-electron chi connectivity index (χ3n) is 4.51. The van der Waals surface area contributed by atoms with Crippen LogP contribution in [0.2, 0.25) is 0 Å². The van der Waals surface area contributed by atoms with Crippen LogP contribution in [0.1, 0.15) is 36.4 Å². The molecule has 3 rings (SSSR count). The molecule has 130 valence electrons. The van der Waals surface area contributed by atoms with Gasteiger partial charge in [0.05, 0.1) is 17.0 Å². The summed E-state index contributed by atoms with van der Waals surface area (Å²) >= 11 is 1.34. The summed E-state index contributed by atoms with van der Waals surface area (Å²) in [5.74, 6) is -0.791. The molecule has 0 radical (unpaired) electrons. The lowest BCUT2D eigenvalue weighted by Crippen LogP contribution is -2.49. The number of hydrogen-bond donors (Lipinski definition) is 0. The van der Waals surface area contributed by atoms with Crippen molar-refractivity contribution in [2.45, 2.75) is 38.8 Å². The van der Waals surface area contributed by atoms with Crippen LogP contribution in [0.15, 0.2) is 47.8 Å². The standard InChI is InChI=1S/C19H20N2O3S/c1-3-13(2)20(19(24)16-10-7-11-25-16)15-12-17(22)21(18(15)23)14-8-5-4-6-9-14/h4-11,13,15H,3,12H2,1-2H3. The summed E-state index contributed by atoms with van der Waals surface area (Å²) in [6.45, 7) is 3.88. The molecule has 6 heteroatoms. The van der Waals surface area contributed by atoms with Gasteiger partial charge in [-0.1, -0.05) is 31.2 Å². The quantitative estimate of drug-likeness (QED) is 0.772. The summed E-state index contributed by atoms with van der Waals surface area (Å²) in [5, 5.41) is 1.83. The molecule has 5 nitrogen and oxygen atoms in total. The summed E-state index contributed by atoms with van der Waals surface area (Å²) in [4.78, 5) is 41.8. The maximum Gasteiger partial charge on any atom is 0.264 e. The van der Waals surface area contributed by atoms with Gasteiger partial charge in [-0.25, -0.2) is 4.90 Å². The van der Waals surface area contributed by atoms with Crippen molar-refractivity contribution < 1.29 is 14.4 Å². The summed E-state index contributed by atoms with van der Waals surface area (Å²) in [6, 6.07) is 11.5. The monoisotopic (exact) mass is 356 g/mol. The van der Waals surface area contributed by atoms with E-state index in [1.165, 1.54) is 16.2 Å². The number of amides is 3. The molecule has 1 saturated heterocycles. The van der Waals surface area contributed by atoms with Gasteiger partial charge in [0, 0.05) is 6.04 Å². The molecule has 2 atom stereocenters. The minimum Gasteiger partial charge on any atom is -0.323 e. The van der Waals surface area contributed by atoms with Crippen LogP contribution in [-0.2, 0) is 9.59 Å². The van der Waals surface area contributed by atoms with E-state index in [2.05, 4.69) is 0 Å². The SMILES string of the molecule is CCC(C)N(C(=O)c1cccs1)C1CC(=O)N(c2ccccc2)C1=O. The summed E-state index contributed by atoms with van der Waals surface area (Å²) < 4.78 is 0. The highest BCUT2D eigenvalue weighted by Crippen LogP contribution is 2.28. The van der Waals surface area contributed by atoms with Crippen molar-refractivity contribution in [2.24, 2.45) is 0 Å². The first kappa shape index (κ1) is 17.4. The topological polar surface area (TPSA) is 57.7 Å². The first-order valence-electron chi connectivity index (χ1n) is 8.32. The van der Waals surface area contributed by atoms with Crippen molar-refractivity contribution >= 4 is 34.7 Å². The highest BCUT2D eigenvalue weighted by atomic mass is 32.1. The lowest BCUT2D eigenvalue weighted by molar-refractivity contribution is -0.122. The second kappa shape index (κ2) is 7.19. The molecule has 1 aliphatic heterocycles. The fourth-order valence-electron chi connectivity index (χ4n) is 3.05. The highest BCUT2D eigenvalue weighted by molar-refractivity contribution is 7.12. The smallest absolute Gasteiger partial charge is 0.264 e. The molecular weight excluding hydrogens is 336 g/mol. The Kier molecular flexibility index (Phi) is 4.99. The Hall–Kier alpha value is -2.47. The molecule has 2 heterocycles. The van der Waals surface area contributed by atoms with Crippen LogP contribution in [0.5, 0.6) is 0 Å². The molecule has 3 amide bonds. The van der Waals surface area contributed by atoms with Crippen LogP contribution in [0, 0.1) is 0 Å². The second-order valence-electron chi connectivity index (χ2n) is 6.07. The van der Waals surface area contributed by atoms with Crippen molar-refractivity contribution in [1.29, 1.82) is 0 Å². The first-order chi connectivity index (χ1) is 12.0. The molecule has 0 bridgehead atoms.